The van der Waals surface area contributed by atoms with Crippen LogP contribution in [-0.2, 0) is 16.1 Å². The maximum atomic E-state index is 11.1. The highest BCUT2D eigenvalue weighted by Gasteiger charge is 2.11. The van der Waals surface area contributed by atoms with Gasteiger partial charge in [-0.1, -0.05) is 66.7 Å². The van der Waals surface area contributed by atoms with E-state index in [-0.39, 0.29) is 6.42 Å². The molecule has 2 N–H and O–H groups in total. The van der Waals surface area contributed by atoms with Crippen LogP contribution in [0.5, 0.6) is 5.75 Å². The van der Waals surface area contributed by atoms with Gasteiger partial charge in [0, 0.05) is 24.9 Å². The van der Waals surface area contributed by atoms with Crippen molar-refractivity contribution in [2.45, 2.75) is 32.6 Å². The van der Waals surface area contributed by atoms with Gasteiger partial charge in [0.1, 0.15) is 19.0 Å². The van der Waals surface area contributed by atoms with E-state index in [4.69, 9.17) is 14.7 Å². The molecular weight excluding hydrogens is 452 g/mol. The average Bonchev–Trinajstić information content (AvgIpc) is 2.91. The van der Waals surface area contributed by atoms with Crippen LogP contribution in [0.15, 0.2) is 79.0 Å². The third-order valence-electron chi connectivity index (χ3n) is 6.37. The highest BCUT2D eigenvalue weighted by Crippen LogP contribution is 2.23. The second kappa shape index (κ2) is 12.8. The van der Waals surface area contributed by atoms with E-state index >= 15 is 0 Å². The van der Waals surface area contributed by atoms with E-state index in [9.17, 15) is 4.79 Å². The van der Waals surface area contributed by atoms with Crippen LogP contribution in [-0.4, -0.2) is 42.3 Å². The molecular formula is C30H34N2O4. The molecule has 0 amide bonds. The van der Waals surface area contributed by atoms with Crippen LogP contribution in [0.3, 0.4) is 0 Å². The van der Waals surface area contributed by atoms with Gasteiger partial charge in [-0.3, -0.25) is 15.1 Å². The number of ether oxygens (including phenoxy) is 1. The summed E-state index contributed by atoms with van der Waals surface area (Å²) in [6.07, 6.45) is 5.81. The summed E-state index contributed by atoms with van der Waals surface area (Å²) in [4.78, 5) is 19.2. The fraction of sp³-hybridized carbons (Fsp3) is 0.300. The maximum Gasteiger partial charge on any atom is 0.307 e. The molecule has 0 aromatic heterocycles. The number of piperidine rings is 1. The van der Waals surface area contributed by atoms with E-state index in [1.807, 2.05) is 43.3 Å². The Hall–Kier alpha value is -3.77. The van der Waals surface area contributed by atoms with Gasteiger partial charge in [0.05, 0.1) is 12.1 Å². The first-order chi connectivity index (χ1) is 17.6. The number of carboxylic acid groups (broad SMARTS) is 1. The molecule has 3 aromatic carbocycles. The zero-order valence-electron chi connectivity index (χ0n) is 20.8. The lowest BCUT2D eigenvalue weighted by molar-refractivity contribution is -0.136. The molecule has 1 saturated heterocycles. The number of hydroxylamine groups is 1. The molecule has 0 spiro atoms. The number of carboxylic acids is 1. The molecule has 3 aromatic rings. The highest BCUT2D eigenvalue weighted by molar-refractivity contribution is 5.71. The fourth-order valence-electron chi connectivity index (χ4n) is 4.36. The fourth-order valence-corrected chi connectivity index (χ4v) is 4.36. The Bertz CT molecular complexity index is 1150. The number of rotatable bonds is 11. The Morgan fingerprint density at radius 2 is 1.64 bits per heavy atom. The van der Waals surface area contributed by atoms with E-state index in [1.54, 1.807) is 0 Å². The lowest BCUT2D eigenvalue weighted by atomic mass is 10.0. The zero-order valence-corrected chi connectivity index (χ0v) is 20.8. The van der Waals surface area contributed by atoms with Crippen molar-refractivity contribution in [3.63, 3.8) is 0 Å². The lowest BCUT2D eigenvalue weighted by Gasteiger charge is -2.26. The number of aliphatic carboxylic acids is 1. The topological polar surface area (TPSA) is 71.0 Å². The van der Waals surface area contributed by atoms with E-state index < -0.39 is 5.97 Å². The Balaban J connectivity index is 1.37. The van der Waals surface area contributed by atoms with Gasteiger partial charge in [-0.15, -0.1) is 0 Å². The predicted molar refractivity (Wildman–Crippen MR) is 142 cm³/mol. The Labute approximate surface area is 213 Å². The minimum Gasteiger partial charge on any atom is -0.491 e. The first kappa shape index (κ1) is 25.3. The molecule has 188 valence electrons. The molecule has 0 saturated carbocycles. The molecule has 36 heavy (non-hydrogen) atoms. The van der Waals surface area contributed by atoms with Gasteiger partial charge in [0.2, 0.25) is 0 Å². The van der Waals surface area contributed by atoms with Gasteiger partial charge in [0.25, 0.3) is 0 Å². The quantitative estimate of drug-likeness (QED) is 0.269. The van der Waals surface area contributed by atoms with Crippen molar-refractivity contribution < 1.29 is 19.5 Å². The molecule has 1 aliphatic rings. The number of nitrogens with one attached hydrogen (secondary N) is 1. The van der Waals surface area contributed by atoms with Crippen molar-refractivity contribution in [1.29, 1.82) is 0 Å². The summed E-state index contributed by atoms with van der Waals surface area (Å²) < 4.78 is 5.87. The van der Waals surface area contributed by atoms with Crippen LogP contribution >= 0.6 is 0 Å². The number of likely N-dealkylation sites (tertiary alicyclic amines) is 1. The molecule has 1 aliphatic heterocycles. The second-order valence-electron chi connectivity index (χ2n) is 8.99. The normalized spacial score (nSPS) is 13.9. The molecule has 6 heteroatoms. The van der Waals surface area contributed by atoms with Crippen LogP contribution in [0.25, 0.3) is 16.8 Å². The number of nitrogens with zero attached hydrogens (tertiary/aromatic N) is 1. The first-order valence-electron chi connectivity index (χ1n) is 12.5. The maximum absolute atomic E-state index is 11.1. The van der Waals surface area contributed by atoms with Crippen LogP contribution < -0.4 is 10.2 Å². The largest absolute Gasteiger partial charge is 0.491 e. The molecule has 0 atom stereocenters. The molecule has 4 rings (SSSR count). The van der Waals surface area contributed by atoms with Crippen LogP contribution in [0, 0.1) is 6.92 Å². The van der Waals surface area contributed by atoms with E-state index in [1.165, 1.54) is 30.4 Å². The predicted octanol–water partition coefficient (Wildman–Crippen LogP) is 5.67. The number of carbonyl (C=O) groups is 1. The SMILES string of the molecule is Cc1c(CC(=O)O)cccc1OCCONC(=CN1CCCCC1)c1ccc(-c2ccccc2)cc1. The van der Waals surface area contributed by atoms with E-state index in [0.717, 1.165) is 35.5 Å². The third-order valence-corrected chi connectivity index (χ3v) is 6.37. The monoisotopic (exact) mass is 486 g/mol. The molecule has 0 bridgehead atoms. The summed E-state index contributed by atoms with van der Waals surface area (Å²) in [6.45, 7) is 4.65. The molecule has 0 aliphatic carbocycles. The standard InChI is InChI=1S/C30H34N2O4/c1-23-27(21-30(33)34)11-8-12-29(23)35-19-20-36-31-28(22-32-17-6-3-7-18-32)26-15-13-25(14-16-26)24-9-4-2-5-10-24/h2,4-5,8-16,22,31H,3,6-7,17-21H2,1H3,(H,33,34). The summed E-state index contributed by atoms with van der Waals surface area (Å²) in [5.41, 5.74) is 9.07. The summed E-state index contributed by atoms with van der Waals surface area (Å²) >= 11 is 0. The highest BCUT2D eigenvalue weighted by atomic mass is 16.7. The molecule has 1 fully saturated rings. The van der Waals surface area contributed by atoms with Crippen molar-refractivity contribution >= 4 is 11.7 Å². The molecule has 1 heterocycles. The lowest BCUT2D eigenvalue weighted by Crippen LogP contribution is -2.27. The zero-order chi connectivity index (χ0) is 25.2. The van der Waals surface area contributed by atoms with Gasteiger partial charge in [-0.2, -0.15) is 0 Å². The summed E-state index contributed by atoms with van der Waals surface area (Å²) in [5, 5.41) is 9.09. The Kier molecular flexibility index (Phi) is 9.00. The van der Waals surface area contributed by atoms with E-state index in [2.05, 4.69) is 53.0 Å². The van der Waals surface area contributed by atoms with Crippen molar-refractivity contribution in [1.82, 2.24) is 10.4 Å². The van der Waals surface area contributed by atoms with Crippen molar-refractivity contribution in [2.24, 2.45) is 0 Å². The van der Waals surface area contributed by atoms with Crippen molar-refractivity contribution in [3.05, 3.63) is 95.7 Å². The minimum atomic E-state index is -0.854. The number of hydrogen-bond acceptors (Lipinski definition) is 5. The van der Waals surface area contributed by atoms with Crippen LogP contribution in [0.2, 0.25) is 0 Å². The molecule has 6 nitrogen and oxygen atoms in total. The number of benzene rings is 3. The van der Waals surface area contributed by atoms with Gasteiger partial charge in [-0.25, -0.2) is 0 Å². The second-order valence-corrected chi connectivity index (χ2v) is 8.99. The van der Waals surface area contributed by atoms with Gasteiger partial charge < -0.3 is 14.7 Å². The summed E-state index contributed by atoms with van der Waals surface area (Å²) in [6, 6.07) is 24.3. The van der Waals surface area contributed by atoms with Gasteiger partial charge in [0.15, 0.2) is 0 Å². The summed E-state index contributed by atoms with van der Waals surface area (Å²) in [7, 11) is 0. The van der Waals surface area contributed by atoms with E-state index in [0.29, 0.717) is 19.0 Å². The molecule has 0 unspecified atom stereocenters. The van der Waals surface area contributed by atoms with Crippen molar-refractivity contribution in [3.8, 4) is 16.9 Å². The molecule has 0 radical (unpaired) electrons. The van der Waals surface area contributed by atoms with Gasteiger partial charge >= 0.3 is 5.97 Å². The summed E-state index contributed by atoms with van der Waals surface area (Å²) in [5.74, 6) is -0.175. The van der Waals surface area contributed by atoms with Crippen LogP contribution in [0.1, 0.15) is 36.0 Å². The Morgan fingerprint density at radius 1 is 0.917 bits per heavy atom. The van der Waals surface area contributed by atoms with Crippen LogP contribution in [0.4, 0.5) is 0 Å². The number of hydrogen-bond donors (Lipinski definition) is 2. The third kappa shape index (κ3) is 7.12. The first-order valence-corrected chi connectivity index (χ1v) is 12.5. The smallest absolute Gasteiger partial charge is 0.307 e. The minimum absolute atomic E-state index is 0.0190. The average molecular weight is 487 g/mol. The van der Waals surface area contributed by atoms with Gasteiger partial charge in [-0.05, 0) is 54.5 Å². The Morgan fingerprint density at radius 3 is 2.36 bits per heavy atom. The van der Waals surface area contributed by atoms with Crippen molar-refractivity contribution in [2.75, 3.05) is 26.3 Å².